The number of carbonyl (C=O) groups is 1. The van der Waals surface area contributed by atoms with Gasteiger partial charge in [-0.25, -0.2) is 19.2 Å². The number of fused-ring (bicyclic) bond motifs is 1. The molecule has 5 rings (SSSR count). The van der Waals surface area contributed by atoms with Crippen molar-refractivity contribution in [2.45, 2.75) is 26.0 Å². The number of aromatic nitrogens is 4. The summed E-state index contributed by atoms with van der Waals surface area (Å²) >= 11 is 2.73. The summed E-state index contributed by atoms with van der Waals surface area (Å²) in [5.74, 6) is 4.84. The van der Waals surface area contributed by atoms with Crippen LogP contribution >= 0.6 is 22.7 Å². The molecule has 1 unspecified atom stereocenters. The highest BCUT2D eigenvalue weighted by Crippen LogP contribution is 2.29. The van der Waals surface area contributed by atoms with Gasteiger partial charge in [-0.2, -0.15) is 5.10 Å². The molecular weight excluding hydrogens is 630 g/mol. The number of carboxylic acid groups (broad SMARTS) is 1. The minimum absolute atomic E-state index is 0.00502. The Labute approximate surface area is 273 Å². The van der Waals surface area contributed by atoms with E-state index >= 15 is 0 Å². The molecule has 1 atom stereocenters. The quantitative estimate of drug-likeness (QED) is 0.136. The summed E-state index contributed by atoms with van der Waals surface area (Å²) in [6.07, 6.45) is -0.340. The number of nitrogens with zero attached hydrogens (tertiary/aromatic N) is 5. The highest BCUT2D eigenvalue weighted by Gasteiger charge is 2.22. The van der Waals surface area contributed by atoms with E-state index in [1.54, 1.807) is 6.07 Å². The zero-order chi connectivity index (χ0) is 32.6. The number of hydrogen-bond acceptors (Lipinski definition) is 12. The summed E-state index contributed by atoms with van der Waals surface area (Å²) in [4.78, 5) is 23.3. The minimum atomic E-state index is -1.16. The van der Waals surface area contributed by atoms with Crippen molar-refractivity contribution in [1.82, 2.24) is 25.1 Å². The van der Waals surface area contributed by atoms with Gasteiger partial charge in [-0.05, 0) is 63.0 Å². The predicted molar refractivity (Wildman–Crippen MR) is 178 cm³/mol. The number of aromatic carboxylic acids is 1. The van der Waals surface area contributed by atoms with Crippen molar-refractivity contribution in [3.63, 3.8) is 0 Å². The lowest BCUT2D eigenvalue weighted by atomic mass is 10.2. The zero-order valence-corrected chi connectivity index (χ0v) is 27.3. The number of halogens is 1. The largest absolute Gasteiger partial charge is 0.488 e. The van der Waals surface area contributed by atoms with Crippen molar-refractivity contribution in [2.75, 3.05) is 45.0 Å². The molecule has 238 valence electrons. The van der Waals surface area contributed by atoms with E-state index in [1.807, 2.05) is 56.3 Å². The fraction of sp³-hybridized carbons (Fsp3) is 0.281. The molecule has 0 aliphatic rings. The van der Waals surface area contributed by atoms with Gasteiger partial charge in [0.25, 0.3) is 0 Å². The summed E-state index contributed by atoms with van der Waals surface area (Å²) in [5, 5.41) is 25.9. The molecule has 0 amide bonds. The summed E-state index contributed by atoms with van der Waals surface area (Å²) in [5.41, 5.74) is 2.91. The summed E-state index contributed by atoms with van der Waals surface area (Å²) in [6.45, 7) is 2.77. The first-order chi connectivity index (χ1) is 22.2. The van der Waals surface area contributed by atoms with Crippen molar-refractivity contribution in [3.8, 4) is 17.6 Å². The third-order valence-electron chi connectivity index (χ3n) is 6.61. The lowest BCUT2D eigenvalue weighted by Gasteiger charge is -2.16. The molecule has 0 spiro atoms. The third-order valence-corrected chi connectivity index (χ3v) is 8.59. The Morgan fingerprint density at radius 2 is 1.93 bits per heavy atom. The van der Waals surface area contributed by atoms with Crippen molar-refractivity contribution >= 4 is 54.9 Å². The number of carboxylic acids is 1. The van der Waals surface area contributed by atoms with E-state index in [0.29, 0.717) is 33.6 Å². The van der Waals surface area contributed by atoms with Crippen LogP contribution in [0.1, 0.15) is 32.2 Å². The van der Waals surface area contributed by atoms with Crippen LogP contribution in [0.3, 0.4) is 0 Å². The SMILES string of the molecule is COC(COc1ccc(C#CCN(C)C)cc1F)Cc1sc(NCc2cc(C)c(Nc3nc4ccccc4s3)nn2)nc1C(=O)O. The molecule has 3 heterocycles. The van der Waals surface area contributed by atoms with E-state index in [0.717, 1.165) is 20.9 Å². The highest BCUT2D eigenvalue weighted by atomic mass is 32.1. The van der Waals surface area contributed by atoms with E-state index in [-0.39, 0.29) is 31.0 Å². The van der Waals surface area contributed by atoms with Gasteiger partial charge in [0, 0.05) is 24.0 Å². The van der Waals surface area contributed by atoms with Crippen molar-refractivity contribution in [3.05, 3.63) is 81.7 Å². The van der Waals surface area contributed by atoms with Gasteiger partial charge < -0.3 is 25.2 Å². The van der Waals surface area contributed by atoms with Crippen LogP contribution in [0, 0.1) is 24.6 Å². The number of benzene rings is 2. The maximum atomic E-state index is 14.6. The molecule has 0 aliphatic heterocycles. The van der Waals surface area contributed by atoms with Crippen LogP contribution in [-0.4, -0.2) is 76.6 Å². The molecule has 0 saturated carbocycles. The Hall–Kier alpha value is -4.68. The van der Waals surface area contributed by atoms with Gasteiger partial charge in [-0.1, -0.05) is 35.3 Å². The summed E-state index contributed by atoms with van der Waals surface area (Å²) in [7, 11) is 5.30. The molecule has 5 aromatic rings. The summed E-state index contributed by atoms with van der Waals surface area (Å²) in [6, 6.07) is 14.3. The van der Waals surface area contributed by atoms with E-state index < -0.39 is 17.9 Å². The molecule has 0 bridgehead atoms. The van der Waals surface area contributed by atoms with Crippen LogP contribution in [-0.2, 0) is 17.7 Å². The number of thiazole rings is 2. The molecule has 14 heteroatoms. The standard InChI is InChI=1S/C32H32FN7O4S2/c1-19-14-21(38-39-29(19)37-32-35-24-9-5-6-10-26(24)45-32)17-34-31-36-28(30(41)42)27(46-31)16-22(43-4)18-44-25-12-11-20(15-23(25)33)8-7-13-40(2)3/h5-6,9-12,14-15,22H,13,16-18H2,1-4H3,(H,34,36)(H,41,42)(H,35,37,39). The molecule has 0 radical (unpaired) electrons. The summed E-state index contributed by atoms with van der Waals surface area (Å²) < 4.78 is 26.9. The number of anilines is 3. The minimum Gasteiger partial charge on any atom is -0.488 e. The Morgan fingerprint density at radius 1 is 1.11 bits per heavy atom. The number of nitrogens with one attached hydrogen (secondary N) is 2. The number of hydrogen-bond donors (Lipinski definition) is 3. The van der Waals surface area contributed by atoms with Crippen LogP contribution in [0.25, 0.3) is 10.2 Å². The molecule has 0 aliphatic carbocycles. The maximum absolute atomic E-state index is 14.6. The average molecular weight is 662 g/mol. The van der Waals surface area contributed by atoms with Gasteiger partial charge in [0.05, 0.1) is 35.1 Å². The van der Waals surface area contributed by atoms with Gasteiger partial charge in [0.15, 0.2) is 33.3 Å². The molecule has 2 aromatic carbocycles. The van der Waals surface area contributed by atoms with Gasteiger partial charge in [-0.15, -0.1) is 16.4 Å². The number of methoxy groups -OCH3 is 1. The maximum Gasteiger partial charge on any atom is 0.355 e. The normalized spacial score (nSPS) is 11.7. The number of rotatable bonds is 13. The topological polar surface area (TPSA) is 135 Å². The van der Waals surface area contributed by atoms with Crippen molar-refractivity contribution < 1.29 is 23.8 Å². The monoisotopic (exact) mass is 661 g/mol. The van der Waals surface area contributed by atoms with Crippen LogP contribution in [0.4, 0.5) is 20.5 Å². The van der Waals surface area contributed by atoms with Crippen LogP contribution in [0.2, 0.25) is 0 Å². The molecule has 3 aromatic heterocycles. The van der Waals surface area contributed by atoms with Crippen LogP contribution < -0.4 is 15.4 Å². The highest BCUT2D eigenvalue weighted by molar-refractivity contribution is 7.22. The van der Waals surface area contributed by atoms with Crippen molar-refractivity contribution in [2.24, 2.45) is 0 Å². The second kappa shape index (κ2) is 15.1. The van der Waals surface area contributed by atoms with E-state index in [4.69, 9.17) is 9.47 Å². The predicted octanol–water partition coefficient (Wildman–Crippen LogP) is 5.59. The Balaban J connectivity index is 1.19. The van der Waals surface area contributed by atoms with Crippen molar-refractivity contribution in [1.29, 1.82) is 0 Å². The average Bonchev–Trinajstić information content (AvgIpc) is 3.63. The first kappa shape index (κ1) is 32.7. The first-order valence-electron chi connectivity index (χ1n) is 14.2. The van der Waals surface area contributed by atoms with Crippen LogP contribution in [0.15, 0.2) is 48.5 Å². The molecular formula is C32H32FN7O4S2. The zero-order valence-electron chi connectivity index (χ0n) is 25.6. The number of aryl methyl sites for hydroxylation is 1. The van der Waals surface area contributed by atoms with E-state index in [1.165, 1.54) is 41.9 Å². The molecule has 11 nitrogen and oxygen atoms in total. The lowest BCUT2D eigenvalue weighted by molar-refractivity contribution is 0.0567. The molecule has 46 heavy (non-hydrogen) atoms. The first-order valence-corrected chi connectivity index (χ1v) is 15.8. The Kier molecular flexibility index (Phi) is 10.7. The third kappa shape index (κ3) is 8.52. The van der Waals surface area contributed by atoms with Gasteiger partial charge in [0.1, 0.15) is 6.61 Å². The number of para-hydroxylation sites is 1. The molecule has 3 N–H and O–H groups in total. The number of ether oxygens (including phenoxy) is 2. The van der Waals surface area contributed by atoms with Gasteiger partial charge in [0.2, 0.25) is 0 Å². The Morgan fingerprint density at radius 3 is 2.65 bits per heavy atom. The second-order valence-electron chi connectivity index (χ2n) is 10.5. The molecule has 0 fully saturated rings. The van der Waals surface area contributed by atoms with Crippen LogP contribution in [0.5, 0.6) is 5.75 Å². The van der Waals surface area contributed by atoms with Gasteiger partial charge >= 0.3 is 5.97 Å². The van der Waals surface area contributed by atoms with Gasteiger partial charge in [-0.3, -0.25) is 4.90 Å². The second-order valence-corrected chi connectivity index (χ2v) is 12.6. The fourth-order valence-corrected chi connectivity index (χ4v) is 6.15. The Bertz CT molecular complexity index is 1870. The van der Waals surface area contributed by atoms with E-state index in [9.17, 15) is 14.3 Å². The lowest BCUT2D eigenvalue weighted by Crippen LogP contribution is -2.23. The smallest absolute Gasteiger partial charge is 0.355 e. The fourth-order valence-electron chi connectivity index (χ4n) is 4.27. The molecule has 0 saturated heterocycles. The van der Waals surface area contributed by atoms with E-state index in [2.05, 4.69) is 42.6 Å².